The molecule has 0 aliphatic rings. The van der Waals surface area contributed by atoms with Gasteiger partial charge >= 0.3 is 5.97 Å². The largest absolute Gasteiger partial charge is 0.478 e. The van der Waals surface area contributed by atoms with E-state index in [9.17, 15) is 14.3 Å². The summed E-state index contributed by atoms with van der Waals surface area (Å²) < 4.78 is 13.1. The molecule has 0 saturated carbocycles. The normalized spacial score (nSPS) is 11.2. The van der Waals surface area contributed by atoms with E-state index in [4.69, 9.17) is 0 Å². The number of hydrazone groups is 1. The smallest absolute Gasteiger partial charge is 0.336 e. The number of carboxylic acids is 1. The van der Waals surface area contributed by atoms with Crippen LogP contribution in [0.2, 0.25) is 0 Å². The summed E-state index contributed by atoms with van der Waals surface area (Å²) in [5.41, 5.74) is 6.50. The van der Waals surface area contributed by atoms with Gasteiger partial charge in [-0.1, -0.05) is 48.0 Å². The Labute approximate surface area is 150 Å². The van der Waals surface area contributed by atoms with Gasteiger partial charge in [0.25, 0.3) is 0 Å². The van der Waals surface area contributed by atoms with Crippen molar-refractivity contribution < 1.29 is 14.3 Å². The van der Waals surface area contributed by atoms with Crippen molar-refractivity contribution in [3.63, 3.8) is 0 Å². The minimum Gasteiger partial charge on any atom is -0.478 e. The van der Waals surface area contributed by atoms with Crippen molar-refractivity contribution in [1.29, 1.82) is 0 Å². The van der Waals surface area contributed by atoms with Gasteiger partial charge in [-0.25, -0.2) is 9.18 Å². The fraction of sp³-hybridized carbons (Fsp3) is 0.0476. The van der Waals surface area contributed by atoms with Crippen molar-refractivity contribution in [1.82, 2.24) is 0 Å². The summed E-state index contributed by atoms with van der Waals surface area (Å²) in [6, 6.07) is 20.1. The minimum absolute atomic E-state index is 0.160. The van der Waals surface area contributed by atoms with Gasteiger partial charge in [0.05, 0.1) is 17.0 Å². The van der Waals surface area contributed by atoms with Gasteiger partial charge in [-0.3, -0.25) is 5.43 Å². The molecule has 3 rings (SSSR count). The highest BCUT2D eigenvalue weighted by molar-refractivity contribution is 6.17. The highest BCUT2D eigenvalue weighted by Gasteiger charge is 2.16. The third kappa shape index (κ3) is 3.95. The predicted molar refractivity (Wildman–Crippen MR) is 100 cm³/mol. The number of nitrogens with zero attached hydrogens (tertiary/aromatic N) is 1. The minimum atomic E-state index is -1.03. The molecule has 3 aromatic carbocycles. The number of rotatable bonds is 5. The fourth-order valence-electron chi connectivity index (χ4n) is 2.51. The van der Waals surface area contributed by atoms with Crippen molar-refractivity contribution >= 4 is 17.4 Å². The lowest BCUT2D eigenvalue weighted by Crippen LogP contribution is -2.12. The van der Waals surface area contributed by atoms with Gasteiger partial charge in [-0.2, -0.15) is 5.10 Å². The third-order valence-corrected chi connectivity index (χ3v) is 3.88. The number of anilines is 1. The van der Waals surface area contributed by atoms with Crippen LogP contribution in [0.3, 0.4) is 0 Å². The van der Waals surface area contributed by atoms with Crippen LogP contribution in [0, 0.1) is 12.7 Å². The first-order valence-electron chi connectivity index (χ1n) is 8.03. The molecule has 5 heteroatoms. The Morgan fingerprint density at radius 3 is 2.15 bits per heavy atom. The maximum atomic E-state index is 13.1. The number of nitrogens with one attached hydrogen (secondary N) is 1. The zero-order valence-electron chi connectivity index (χ0n) is 14.1. The van der Waals surface area contributed by atoms with E-state index < -0.39 is 5.97 Å². The molecule has 0 radical (unpaired) electrons. The van der Waals surface area contributed by atoms with Gasteiger partial charge in [-0.15, -0.1) is 0 Å². The first-order valence-corrected chi connectivity index (χ1v) is 8.03. The molecule has 26 heavy (non-hydrogen) atoms. The van der Waals surface area contributed by atoms with Gasteiger partial charge < -0.3 is 5.11 Å². The van der Waals surface area contributed by atoms with E-state index >= 15 is 0 Å². The van der Waals surface area contributed by atoms with E-state index in [0.29, 0.717) is 17.0 Å². The van der Waals surface area contributed by atoms with Gasteiger partial charge in [0.1, 0.15) is 5.82 Å². The number of carbonyl (C=O) groups is 1. The summed E-state index contributed by atoms with van der Waals surface area (Å²) in [5.74, 6) is -1.36. The van der Waals surface area contributed by atoms with Crippen molar-refractivity contribution in [3.8, 4) is 0 Å². The Kier molecular flexibility index (Phi) is 5.08. The molecule has 0 fully saturated rings. The van der Waals surface area contributed by atoms with Crippen LogP contribution in [0.15, 0.2) is 77.9 Å². The second kappa shape index (κ2) is 7.61. The zero-order valence-corrected chi connectivity index (χ0v) is 14.1. The molecule has 0 saturated heterocycles. The lowest BCUT2D eigenvalue weighted by Gasteiger charge is -2.11. The number of carboxylic acid groups (broad SMARTS) is 1. The van der Waals surface area contributed by atoms with Gasteiger partial charge in [0, 0.05) is 11.1 Å². The van der Waals surface area contributed by atoms with E-state index in [1.54, 1.807) is 36.4 Å². The summed E-state index contributed by atoms with van der Waals surface area (Å²) in [7, 11) is 0. The Morgan fingerprint density at radius 1 is 0.923 bits per heavy atom. The lowest BCUT2D eigenvalue weighted by molar-refractivity contribution is 0.0696. The van der Waals surface area contributed by atoms with E-state index in [-0.39, 0.29) is 11.4 Å². The Morgan fingerprint density at radius 2 is 1.54 bits per heavy atom. The average Bonchev–Trinajstić information content (AvgIpc) is 2.65. The zero-order chi connectivity index (χ0) is 18.5. The first-order chi connectivity index (χ1) is 12.5. The van der Waals surface area contributed by atoms with Crippen LogP contribution in [0.4, 0.5) is 10.1 Å². The molecule has 0 unspecified atom stereocenters. The number of hydrogen-bond acceptors (Lipinski definition) is 3. The Bertz CT molecular complexity index is 949. The number of aromatic carboxylic acids is 1. The van der Waals surface area contributed by atoms with Crippen LogP contribution < -0.4 is 5.43 Å². The van der Waals surface area contributed by atoms with Crippen molar-refractivity contribution in [2.75, 3.05) is 5.43 Å². The number of aryl methyl sites for hydroxylation is 1. The van der Waals surface area contributed by atoms with Crippen LogP contribution >= 0.6 is 0 Å². The molecule has 0 bridgehead atoms. The molecular weight excluding hydrogens is 331 g/mol. The first kappa shape index (κ1) is 17.4. The Hall–Kier alpha value is -3.47. The molecule has 0 aliphatic heterocycles. The summed E-state index contributed by atoms with van der Waals surface area (Å²) in [4.78, 5) is 11.6. The molecule has 3 aromatic rings. The monoisotopic (exact) mass is 348 g/mol. The molecule has 0 atom stereocenters. The molecular formula is C21H17FN2O2. The highest BCUT2D eigenvalue weighted by atomic mass is 19.1. The lowest BCUT2D eigenvalue weighted by atomic mass is 9.97. The van der Waals surface area contributed by atoms with Crippen molar-refractivity contribution in [2.24, 2.45) is 5.10 Å². The SMILES string of the molecule is Cc1ccc(/C(=N\Nc2ccc(F)cc2)c2ccccc2C(=O)O)cc1. The van der Waals surface area contributed by atoms with E-state index in [1.807, 2.05) is 31.2 Å². The molecule has 0 amide bonds. The molecule has 130 valence electrons. The standard InChI is InChI=1S/C21H17FN2O2/c1-14-6-8-15(9-7-14)20(18-4-2-3-5-19(18)21(25)26)24-23-17-12-10-16(22)11-13-17/h2-13,23H,1H3,(H,25,26)/b24-20+. The molecule has 0 heterocycles. The highest BCUT2D eigenvalue weighted by Crippen LogP contribution is 2.18. The second-order valence-electron chi connectivity index (χ2n) is 5.80. The second-order valence-corrected chi connectivity index (χ2v) is 5.80. The van der Waals surface area contributed by atoms with Crippen LogP contribution in [0.1, 0.15) is 27.0 Å². The van der Waals surface area contributed by atoms with Gasteiger partial charge in [0.2, 0.25) is 0 Å². The Balaban J connectivity index is 2.07. The topological polar surface area (TPSA) is 61.7 Å². The summed E-state index contributed by atoms with van der Waals surface area (Å²) in [6.45, 7) is 1.97. The van der Waals surface area contributed by atoms with Crippen LogP contribution in [-0.4, -0.2) is 16.8 Å². The molecule has 0 spiro atoms. The van der Waals surface area contributed by atoms with Gasteiger partial charge in [0.15, 0.2) is 0 Å². The third-order valence-electron chi connectivity index (χ3n) is 3.88. The van der Waals surface area contributed by atoms with Crippen molar-refractivity contribution in [2.45, 2.75) is 6.92 Å². The van der Waals surface area contributed by atoms with E-state index in [2.05, 4.69) is 10.5 Å². The molecule has 0 aromatic heterocycles. The molecule has 2 N–H and O–H groups in total. The maximum Gasteiger partial charge on any atom is 0.336 e. The quantitative estimate of drug-likeness (QED) is 0.519. The molecule has 4 nitrogen and oxygen atoms in total. The van der Waals surface area contributed by atoms with E-state index in [0.717, 1.165) is 11.1 Å². The molecule has 0 aliphatic carbocycles. The van der Waals surface area contributed by atoms with Crippen molar-refractivity contribution in [3.05, 3.63) is 101 Å². The maximum absolute atomic E-state index is 13.1. The van der Waals surface area contributed by atoms with Crippen LogP contribution in [0.25, 0.3) is 0 Å². The van der Waals surface area contributed by atoms with Crippen LogP contribution in [0.5, 0.6) is 0 Å². The summed E-state index contributed by atoms with van der Waals surface area (Å²) in [5, 5.41) is 13.9. The fourth-order valence-corrected chi connectivity index (χ4v) is 2.51. The number of benzene rings is 3. The summed E-state index contributed by atoms with van der Waals surface area (Å²) in [6.07, 6.45) is 0. The average molecular weight is 348 g/mol. The van der Waals surface area contributed by atoms with Gasteiger partial charge in [-0.05, 0) is 37.3 Å². The predicted octanol–water partition coefficient (Wildman–Crippen LogP) is 4.70. The summed E-state index contributed by atoms with van der Waals surface area (Å²) >= 11 is 0. The number of hydrogen-bond donors (Lipinski definition) is 2. The van der Waals surface area contributed by atoms with Crippen LogP contribution in [-0.2, 0) is 0 Å². The van der Waals surface area contributed by atoms with E-state index in [1.165, 1.54) is 12.1 Å². The number of halogens is 1.